The fourth-order valence-electron chi connectivity index (χ4n) is 4.07. The number of amides is 1. The van der Waals surface area contributed by atoms with Crippen LogP contribution in [0, 0.1) is 0 Å². The number of hydrogen-bond donors (Lipinski definition) is 2. The molecule has 5 nitrogen and oxygen atoms in total. The van der Waals surface area contributed by atoms with Gasteiger partial charge in [-0.15, -0.1) is 0 Å². The van der Waals surface area contributed by atoms with Gasteiger partial charge in [-0.05, 0) is 82.9 Å². The summed E-state index contributed by atoms with van der Waals surface area (Å²) in [5, 5.41) is 2.94. The van der Waals surface area contributed by atoms with Gasteiger partial charge in [0.1, 0.15) is 18.0 Å². The van der Waals surface area contributed by atoms with Crippen molar-refractivity contribution >= 4 is 6.09 Å². The molecule has 0 aliphatic rings. The van der Waals surface area contributed by atoms with E-state index in [1.54, 1.807) is 0 Å². The lowest BCUT2D eigenvalue weighted by molar-refractivity contribution is 0.0524. The molecule has 0 aliphatic heterocycles. The van der Waals surface area contributed by atoms with Gasteiger partial charge in [-0.25, -0.2) is 4.79 Å². The summed E-state index contributed by atoms with van der Waals surface area (Å²) < 4.78 is 11.5. The second kappa shape index (κ2) is 11.8. The van der Waals surface area contributed by atoms with Gasteiger partial charge in [0.05, 0.1) is 0 Å². The third-order valence-corrected chi connectivity index (χ3v) is 5.85. The fraction of sp³-hybridized carbons (Fsp3) is 0.367. The maximum atomic E-state index is 12.3. The van der Waals surface area contributed by atoms with Crippen LogP contribution in [-0.4, -0.2) is 23.2 Å². The highest BCUT2D eigenvalue weighted by Gasteiger charge is 2.34. The molecule has 3 aromatic rings. The van der Waals surface area contributed by atoms with Crippen molar-refractivity contribution in [2.24, 2.45) is 0 Å². The molecule has 0 aliphatic carbocycles. The van der Waals surface area contributed by atoms with Crippen molar-refractivity contribution in [1.29, 1.82) is 0 Å². The third-order valence-electron chi connectivity index (χ3n) is 5.85. The van der Waals surface area contributed by atoms with Crippen molar-refractivity contribution in [2.45, 2.75) is 65.1 Å². The molecule has 2 aromatic carbocycles. The van der Waals surface area contributed by atoms with Gasteiger partial charge in [0.15, 0.2) is 0 Å². The summed E-state index contributed by atoms with van der Waals surface area (Å²) >= 11 is 0. The maximum absolute atomic E-state index is 12.3. The third kappa shape index (κ3) is 7.78. The number of rotatable bonds is 10. The number of hydrogen-bond acceptors (Lipinski definition) is 3. The summed E-state index contributed by atoms with van der Waals surface area (Å²) in [5.41, 5.74) is 3.79. The molecule has 0 saturated heterocycles. The molecule has 0 radical (unpaired) electrons. The van der Waals surface area contributed by atoms with Crippen LogP contribution in [-0.2, 0) is 16.8 Å². The first kappa shape index (κ1) is 26.1. The molecule has 1 unspecified atom stereocenters. The molecule has 0 bridgehead atoms. The number of alkyl carbamates (subject to hydrolysis) is 1. The Labute approximate surface area is 209 Å². The van der Waals surface area contributed by atoms with E-state index < -0.39 is 11.7 Å². The zero-order valence-corrected chi connectivity index (χ0v) is 21.6. The fourth-order valence-corrected chi connectivity index (χ4v) is 4.07. The summed E-state index contributed by atoms with van der Waals surface area (Å²) in [6.07, 6.45) is 5.32. The van der Waals surface area contributed by atoms with E-state index >= 15 is 0 Å². The summed E-state index contributed by atoms with van der Waals surface area (Å²) in [4.78, 5) is 15.7. The number of nitrogens with one attached hydrogen (secondary N) is 2. The minimum absolute atomic E-state index is 0.340. The summed E-state index contributed by atoms with van der Waals surface area (Å²) in [5.74, 6) is 0.826. The van der Waals surface area contributed by atoms with Crippen LogP contribution < -0.4 is 10.1 Å². The predicted octanol–water partition coefficient (Wildman–Crippen LogP) is 7.15. The van der Waals surface area contributed by atoms with Gasteiger partial charge in [-0.3, -0.25) is 0 Å². The van der Waals surface area contributed by atoms with E-state index in [0.717, 1.165) is 29.0 Å². The normalized spacial score (nSPS) is 12.9. The van der Waals surface area contributed by atoms with Gasteiger partial charge in [0.25, 0.3) is 0 Å². The predicted molar refractivity (Wildman–Crippen MR) is 142 cm³/mol. The molecule has 35 heavy (non-hydrogen) atoms. The Morgan fingerprint density at radius 1 is 0.971 bits per heavy atom. The first-order valence-corrected chi connectivity index (χ1v) is 12.2. The van der Waals surface area contributed by atoms with Crippen LogP contribution in [0.1, 0.15) is 64.3 Å². The molecule has 1 heterocycles. The van der Waals surface area contributed by atoms with Gasteiger partial charge in [0.2, 0.25) is 0 Å². The highest BCUT2D eigenvalue weighted by molar-refractivity contribution is 5.67. The van der Waals surface area contributed by atoms with Crippen molar-refractivity contribution in [1.82, 2.24) is 10.3 Å². The number of benzene rings is 2. The van der Waals surface area contributed by atoms with Gasteiger partial charge < -0.3 is 19.8 Å². The minimum atomic E-state index is -0.529. The van der Waals surface area contributed by atoms with E-state index in [-0.39, 0.29) is 5.41 Å². The SMILES string of the molecule is CC(C)=CCC(CCNC(=O)OC(C)(C)C)(c1ccc(OCc2ccccc2)cc1)c1ccc[nH]1. The number of ether oxygens (including phenoxy) is 2. The Bertz CT molecular complexity index is 1080. The number of carbonyl (C=O) groups excluding carboxylic acids is 1. The second-order valence-corrected chi connectivity index (χ2v) is 10.1. The zero-order valence-electron chi connectivity index (χ0n) is 21.6. The smallest absolute Gasteiger partial charge is 0.407 e. The van der Waals surface area contributed by atoms with Crippen LogP contribution in [0.3, 0.4) is 0 Å². The lowest BCUT2D eigenvalue weighted by atomic mass is 9.72. The van der Waals surface area contributed by atoms with Gasteiger partial charge in [-0.1, -0.05) is 54.1 Å². The Morgan fingerprint density at radius 3 is 2.29 bits per heavy atom. The molecular weight excluding hydrogens is 436 g/mol. The lowest BCUT2D eigenvalue weighted by Gasteiger charge is -2.34. The van der Waals surface area contributed by atoms with E-state index in [1.807, 2.05) is 63.4 Å². The number of carbonyl (C=O) groups is 1. The first-order valence-electron chi connectivity index (χ1n) is 12.2. The van der Waals surface area contributed by atoms with E-state index in [1.165, 1.54) is 5.57 Å². The van der Waals surface area contributed by atoms with Crippen LogP contribution in [0.25, 0.3) is 0 Å². The Morgan fingerprint density at radius 2 is 1.69 bits per heavy atom. The molecule has 1 amide bonds. The van der Waals surface area contributed by atoms with E-state index in [2.05, 4.69) is 60.6 Å². The molecule has 0 fully saturated rings. The monoisotopic (exact) mass is 474 g/mol. The highest BCUT2D eigenvalue weighted by Crippen LogP contribution is 2.39. The Kier molecular flexibility index (Phi) is 8.80. The Hall–Kier alpha value is -3.47. The molecule has 3 rings (SSSR count). The van der Waals surface area contributed by atoms with E-state index in [9.17, 15) is 4.79 Å². The van der Waals surface area contributed by atoms with Crippen LogP contribution in [0.15, 0.2) is 84.6 Å². The number of aromatic amines is 1. The van der Waals surface area contributed by atoms with Crippen LogP contribution in [0.5, 0.6) is 5.75 Å². The lowest BCUT2D eigenvalue weighted by Crippen LogP contribution is -2.37. The van der Waals surface area contributed by atoms with Crippen molar-refractivity contribution in [3.05, 3.63) is 101 Å². The molecule has 0 saturated carbocycles. The molecule has 1 aromatic heterocycles. The summed E-state index contributed by atoms with van der Waals surface area (Å²) in [6, 6.07) is 22.6. The van der Waals surface area contributed by atoms with Gasteiger partial charge in [0, 0.05) is 23.9 Å². The number of aromatic nitrogens is 1. The summed E-state index contributed by atoms with van der Waals surface area (Å²) in [6.45, 7) is 10.8. The topological polar surface area (TPSA) is 63.4 Å². The van der Waals surface area contributed by atoms with Crippen molar-refractivity contribution in [3.63, 3.8) is 0 Å². The molecule has 2 N–H and O–H groups in total. The van der Waals surface area contributed by atoms with Gasteiger partial charge >= 0.3 is 6.09 Å². The average molecular weight is 475 g/mol. The number of allylic oxidation sites excluding steroid dienone is 2. The highest BCUT2D eigenvalue weighted by atomic mass is 16.6. The number of H-pyrrole nitrogens is 1. The van der Waals surface area contributed by atoms with Crippen molar-refractivity contribution < 1.29 is 14.3 Å². The molecule has 0 spiro atoms. The maximum Gasteiger partial charge on any atom is 0.407 e. The minimum Gasteiger partial charge on any atom is -0.489 e. The van der Waals surface area contributed by atoms with Crippen LogP contribution >= 0.6 is 0 Å². The summed E-state index contributed by atoms with van der Waals surface area (Å²) in [7, 11) is 0. The zero-order chi connectivity index (χ0) is 25.3. The molecule has 5 heteroatoms. The van der Waals surface area contributed by atoms with E-state index in [4.69, 9.17) is 9.47 Å². The molecular formula is C30H38N2O3. The standard InChI is InChI=1S/C30H38N2O3/c1-23(2)17-18-30(27-12-9-20-31-27,19-21-32-28(33)35-29(3,4)5)25-13-15-26(16-14-25)34-22-24-10-7-6-8-11-24/h6-17,20,31H,18-19,21-22H2,1-5H3,(H,32,33). The largest absolute Gasteiger partial charge is 0.489 e. The quantitative estimate of drug-likeness (QED) is 0.307. The van der Waals surface area contributed by atoms with Gasteiger partial charge in [-0.2, -0.15) is 0 Å². The van der Waals surface area contributed by atoms with E-state index in [0.29, 0.717) is 19.6 Å². The van der Waals surface area contributed by atoms with Crippen molar-refractivity contribution in [3.8, 4) is 5.75 Å². The van der Waals surface area contributed by atoms with Crippen LogP contribution in [0.4, 0.5) is 4.79 Å². The molecule has 186 valence electrons. The first-order chi connectivity index (χ1) is 16.7. The Balaban J connectivity index is 1.83. The second-order valence-electron chi connectivity index (χ2n) is 10.1. The van der Waals surface area contributed by atoms with Crippen LogP contribution in [0.2, 0.25) is 0 Å². The van der Waals surface area contributed by atoms with Crippen molar-refractivity contribution in [2.75, 3.05) is 6.54 Å². The average Bonchev–Trinajstić information content (AvgIpc) is 3.35. The molecule has 1 atom stereocenters.